The van der Waals surface area contributed by atoms with Crippen molar-refractivity contribution in [2.24, 2.45) is 0 Å². The number of nitrogens with one attached hydrogen (secondary N) is 1. The third-order valence-electron chi connectivity index (χ3n) is 4.25. The Balaban J connectivity index is 1.60. The highest BCUT2D eigenvalue weighted by Gasteiger charge is 2.14. The summed E-state index contributed by atoms with van der Waals surface area (Å²) >= 11 is 9.19. The van der Waals surface area contributed by atoms with Gasteiger partial charge in [-0.3, -0.25) is 4.79 Å². The molecule has 29 heavy (non-hydrogen) atoms. The van der Waals surface area contributed by atoms with E-state index < -0.39 is 0 Å². The van der Waals surface area contributed by atoms with Crippen LogP contribution in [0.4, 0.5) is 0 Å². The summed E-state index contributed by atoms with van der Waals surface area (Å²) in [5.74, 6) is 0.943. The van der Waals surface area contributed by atoms with Gasteiger partial charge in [-0.25, -0.2) is 9.97 Å². The summed E-state index contributed by atoms with van der Waals surface area (Å²) in [5, 5.41) is 4.70. The Morgan fingerprint density at radius 3 is 2.83 bits per heavy atom. The number of H-pyrrole nitrogens is 1. The number of hydrogen-bond acceptors (Lipinski definition) is 6. The van der Waals surface area contributed by atoms with Crippen LogP contribution in [0.5, 0.6) is 5.75 Å². The molecule has 0 radical (unpaired) electrons. The highest BCUT2D eigenvalue weighted by Crippen LogP contribution is 2.38. The van der Waals surface area contributed by atoms with Crippen LogP contribution in [-0.2, 0) is 5.75 Å². The molecule has 8 heteroatoms. The molecule has 0 saturated heterocycles. The van der Waals surface area contributed by atoms with Crippen molar-refractivity contribution in [3.8, 4) is 16.9 Å². The zero-order chi connectivity index (χ0) is 20.2. The molecule has 0 amide bonds. The van der Waals surface area contributed by atoms with Crippen LogP contribution < -0.4 is 10.2 Å². The van der Waals surface area contributed by atoms with E-state index in [1.54, 1.807) is 41.7 Å². The molecule has 0 spiro atoms. The van der Waals surface area contributed by atoms with Gasteiger partial charge in [0.25, 0.3) is 0 Å². The Kier molecular flexibility index (Phi) is 6.18. The van der Waals surface area contributed by atoms with Gasteiger partial charge in [-0.05, 0) is 24.1 Å². The lowest BCUT2D eigenvalue weighted by atomic mass is 10.1. The van der Waals surface area contributed by atoms with Crippen LogP contribution in [0.2, 0.25) is 5.02 Å². The Hall–Kier alpha value is -2.35. The SMILES string of the molecule is CCCOc1c[nH]c(CSc2ncnc3scc(-c4ccc(Cl)cc4)c23)cc1=O. The van der Waals surface area contributed by atoms with Gasteiger partial charge in [0.15, 0.2) is 5.75 Å². The number of thiophene rings is 1. The summed E-state index contributed by atoms with van der Waals surface area (Å²) in [4.78, 5) is 25.2. The van der Waals surface area contributed by atoms with Gasteiger partial charge in [-0.2, -0.15) is 0 Å². The second-order valence-electron chi connectivity index (χ2n) is 6.34. The van der Waals surface area contributed by atoms with E-state index >= 15 is 0 Å². The molecule has 4 rings (SSSR count). The van der Waals surface area contributed by atoms with Gasteiger partial charge in [0, 0.05) is 39.7 Å². The highest BCUT2D eigenvalue weighted by atomic mass is 35.5. The fraction of sp³-hybridized carbons (Fsp3) is 0.190. The van der Waals surface area contributed by atoms with Crippen molar-refractivity contribution in [2.45, 2.75) is 24.1 Å². The first-order chi connectivity index (χ1) is 14.2. The largest absolute Gasteiger partial charge is 0.488 e. The third kappa shape index (κ3) is 4.47. The zero-order valence-corrected chi connectivity index (χ0v) is 18.0. The molecule has 1 aromatic carbocycles. The van der Waals surface area contributed by atoms with E-state index in [4.69, 9.17) is 16.3 Å². The molecule has 0 saturated carbocycles. The first-order valence-electron chi connectivity index (χ1n) is 9.11. The average Bonchev–Trinajstić information content (AvgIpc) is 3.17. The van der Waals surface area contributed by atoms with Crippen molar-refractivity contribution in [1.29, 1.82) is 0 Å². The van der Waals surface area contributed by atoms with Gasteiger partial charge in [0.2, 0.25) is 5.43 Å². The lowest BCUT2D eigenvalue weighted by Crippen LogP contribution is -2.09. The molecule has 3 aromatic heterocycles. The topological polar surface area (TPSA) is 67.9 Å². The number of aromatic nitrogens is 3. The van der Waals surface area contributed by atoms with Crippen LogP contribution in [0.3, 0.4) is 0 Å². The molecule has 0 aliphatic rings. The van der Waals surface area contributed by atoms with Crippen molar-refractivity contribution in [3.63, 3.8) is 0 Å². The van der Waals surface area contributed by atoms with E-state index in [1.807, 2.05) is 31.2 Å². The first kappa shape index (κ1) is 19.9. The van der Waals surface area contributed by atoms with Gasteiger partial charge in [0.05, 0.1) is 12.0 Å². The minimum Gasteiger partial charge on any atom is -0.488 e. The van der Waals surface area contributed by atoms with Gasteiger partial charge in [-0.15, -0.1) is 11.3 Å². The molecular weight excluding hydrogens is 426 g/mol. The lowest BCUT2D eigenvalue weighted by molar-refractivity contribution is 0.313. The van der Waals surface area contributed by atoms with Crippen LogP contribution in [0, 0.1) is 0 Å². The fourth-order valence-corrected chi connectivity index (χ4v) is 4.89. The summed E-state index contributed by atoms with van der Waals surface area (Å²) in [5.41, 5.74) is 2.86. The molecule has 0 atom stereocenters. The number of aromatic amines is 1. The van der Waals surface area contributed by atoms with Crippen molar-refractivity contribution in [1.82, 2.24) is 15.0 Å². The van der Waals surface area contributed by atoms with Crippen molar-refractivity contribution in [2.75, 3.05) is 6.61 Å². The molecular formula is C21H18ClN3O2S2. The van der Waals surface area contributed by atoms with E-state index in [-0.39, 0.29) is 5.43 Å². The normalized spacial score (nSPS) is 11.1. The van der Waals surface area contributed by atoms with Gasteiger partial charge in [-0.1, -0.05) is 42.4 Å². The van der Waals surface area contributed by atoms with E-state index in [2.05, 4.69) is 20.3 Å². The van der Waals surface area contributed by atoms with E-state index in [0.717, 1.165) is 38.5 Å². The number of pyridine rings is 1. The molecule has 0 bridgehead atoms. The van der Waals surface area contributed by atoms with Crippen molar-refractivity contribution >= 4 is 44.9 Å². The molecule has 148 valence electrons. The molecule has 4 aromatic rings. The number of benzene rings is 1. The summed E-state index contributed by atoms with van der Waals surface area (Å²) < 4.78 is 5.44. The smallest absolute Gasteiger partial charge is 0.223 e. The number of fused-ring (bicyclic) bond motifs is 1. The maximum absolute atomic E-state index is 12.2. The number of hydrogen-bond donors (Lipinski definition) is 1. The molecule has 0 unspecified atom stereocenters. The van der Waals surface area contributed by atoms with Gasteiger partial charge < -0.3 is 9.72 Å². The molecule has 0 aliphatic carbocycles. The van der Waals surface area contributed by atoms with Crippen molar-refractivity contribution < 1.29 is 4.74 Å². The summed E-state index contributed by atoms with van der Waals surface area (Å²) in [6.07, 6.45) is 4.07. The molecule has 0 fully saturated rings. The molecule has 5 nitrogen and oxygen atoms in total. The van der Waals surface area contributed by atoms with Crippen LogP contribution in [0.15, 0.2) is 58.1 Å². The molecule has 0 aliphatic heterocycles. The number of halogens is 1. The second kappa shape index (κ2) is 8.98. The minimum absolute atomic E-state index is 0.113. The maximum atomic E-state index is 12.2. The van der Waals surface area contributed by atoms with Crippen LogP contribution >= 0.6 is 34.7 Å². The Morgan fingerprint density at radius 1 is 1.24 bits per heavy atom. The monoisotopic (exact) mass is 443 g/mol. The molecule has 3 heterocycles. The number of rotatable bonds is 7. The van der Waals surface area contributed by atoms with Gasteiger partial charge >= 0.3 is 0 Å². The predicted octanol–water partition coefficient (Wildman–Crippen LogP) is 5.78. The van der Waals surface area contributed by atoms with E-state index in [9.17, 15) is 4.79 Å². The summed E-state index contributed by atoms with van der Waals surface area (Å²) in [7, 11) is 0. The Labute approximate surface area is 181 Å². The maximum Gasteiger partial charge on any atom is 0.223 e. The average molecular weight is 444 g/mol. The van der Waals surface area contributed by atoms with Gasteiger partial charge in [0.1, 0.15) is 16.2 Å². The third-order valence-corrected chi connectivity index (χ3v) is 6.43. The second-order valence-corrected chi connectivity index (χ2v) is 8.60. The summed E-state index contributed by atoms with van der Waals surface area (Å²) in [6.45, 7) is 2.53. The van der Waals surface area contributed by atoms with Crippen LogP contribution in [-0.4, -0.2) is 21.6 Å². The summed E-state index contributed by atoms with van der Waals surface area (Å²) in [6, 6.07) is 9.34. The predicted molar refractivity (Wildman–Crippen MR) is 120 cm³/mol. The fourth-order valence-electron chi connectivity index (χ4n) is 2.85. The van der Waals surface area contributed by atoms with Crippen LogP contribution in [0.1, 0.15) is 19.0 Å². The van der Waals surface area contributed by atoms with E-state index in [0.29, 0.717) is 23.1 Å². The quantitative estimate of drug-likeness (QED) is 0.289. The Bertz CT molecular complexity index is 1190. The number of ether oxygens (including phenoxy) is 1. The Morgan fingerprint density at radius 2 is 2.07 bits per heavy atom. The van der Waals surface area contributed by atoms with Crippen LogP contribution in [0.25, 0.3) is 21.3 Å². The standard InChI is InChI=1S/C21H18ClN3O2S2/c1-2-7-27-18-9-23-15(8-17(18)26)10-28-20-19-16(11-29-21(19)25-12-24-20)13-3-5-14(22)6-4-13/h3-6,8-9,11-12H,2,7,10H2,1H3,(H,23,26). The highest BCUT2D eigenvalue weighted by molar-refractivity contribution is 7.98. The number of thioether (sulfide) groups is 1. The first-order valence-corrected chi connectivity index (χ1v) is 11.4. The minimum atomic E-state index is -0.113. The number of nitrogens with zero attached hydrogens (tertiary/aromatic N) is 2. The van der Waals surface area contributed by atoms with Crippen molar-refractivity contribution in [3.05, 3.63) is 69.2 Å². The lowest BCUT2D eigenvalue weighted by Gasteiger charge is -2.07. The van der Waals surface area contributed by atoms with E-state index in [1.165, 1.54) is 0 Å². The zero-order valence-electron chi connectivity index (χ0n) is 15.6. The molecule has 1 N–H and O–H groups in total.